The summed E-state index contributed by atoms with van der Waals surface area (Å²) in [6, 6.07) is 2.60. The van der Waals surface area contributed by atoms with Crippen LogP contribution in [0.2, 0.25) is 0 Å². The van der Waals surface area contributed by atoms with Gasteiger partial charge in [0.25, 0.3) is 0 Å². The highest BCUT2D eigenvalue weighted by Gasteiger charge is 2.30. The van der Waals surface area contributed by atoms with E-state index in [1.807, 2.05) is 6.92 Å². The van der Waals surface area contributed by atoms with Gasteiger partial charge in [0.2, 0.25) is 0 Å². The summed E-state index contributed by atoms with van der Waals surface area (Å²) >= 11 is 5.29. The fraction of sp³-hybridized carbons (Fsp3) is 0.714. The maximum atomic E-state index is 9.68. The van der Waals surface area contributed by atoms with Crippen molar-refractivity contribution in [2.24, 2.45) is 11.7 Å². The number of hydrogen-bond donors (Lipinski definition) is 2. The Bertz CT molecular complexity index is 400. The molecular formula is C14H23BrN2OS. The second kappa shape index (κ2) is 6.68. The van der Waals surface area contributed by atoms with Crippen molar-refractivity contribution < 1.29 is 5.11 Å². The predicted molar refractivity (Wildman–Crippen MR) is 84.4 cm³/mol. The summed E-state index contributed by atoms with van der Waals surface area (Å²) in [5.41, 5.74) is 6.20. The minimum Gasteiger partial charge on any atom is -0.393 e. The fourth-order valence-electron chi connectivity index (χ4n) is 2.93. The largest absolute Gasteiger partial charge is 0.393 e. The van der Waals surface area contributed by atoms with Crippen molar-refractivity contribution in [3.05, 3.63) is 20.8 Å². The van der Waals surface area contributed by atoms with E-state index in [0.29, 0.717) is 12.0 Å². The summed E-state index contributed by atoms with van der Waals surface area (Å²) < 4.78 is 1.14. The van der Waals surface area contributed by atoms with Gasteiger partial charge in [-0.05, 0) is 67.7 Å². The second-order valence-corrected chi connectivity index (χ2v) is 7.44. The number of thiophene rings is 1. The predicted octanol–water partition coefficient (Wildman–Crippen LogP) is 2.99. The molecule has 5 heteroatoms. The van der Waals surface area contributed by atoms with E-state index in [4.69, 9.17) is 5.73 Å². The van der Waals surface area contributed by atoms with Gasteiger partial charge in [-0.2, -0.15) is 0 Å². The zero-order valence-electron chi connectivity index (χ0n) is 11.6. The molecule has 3 N–H and O–H groups in total. The average Bonchev–Trinajstić information content (AvgIpc) is 2.76. The molecule has 2 heterocycles. The van der Waals surface area contributed by atoms with Crippen LogP contribution < -0.4 is 5.73 Å². The molecule has 0 bridgehead atoms. The number of hydrogen-bond acceptors (Lipinski definition) is 4. The zero-order valence-corrected chi connectivity index (χ0v) is 14.0. The zero-order chi connectivity index (χ0) is 14.0. The van der Waals surface area contributed by atoms with Gasteiger partial charge in [-0.3, -0.25) is 4.90 Å². The van der Waals surface area contributed by atoms with E-state index in [9.17, 15) is 5.11 Å². The minimum atomic E-state index is -0.188. The third-order valence-corrected chi connectivity index (χ3v) is 5.79. The van der Waals surface area contributed by atoms with Gasteiger partial charge >= 0.3 is 0 Å². The Morgan fingerprint density at radius 1 is 1.42 bits per heavy atom. The van der Waals surface area contributed by atoms with Crippen LogP contribution in [0, 0.1) is 5.92 Å². The normalized spacial score (nSPS) is 23.2. The highest BCUT2D eigenvalue weighted by molar-refractivity contribution is 9.10. The van der Waals surface area contributed by atoms with E-state index in [2.05, 4.69) is 39.2 Å². The molecule has 0 radical (unpaired) electrons. The standard InChI is InChI=1S/C14H23BrN2OS/c1-9(16)14(13-7-12(15)8-19-13)17-5-3-11(4-6-17)10(2)18/h7-11,14,18H,3-6,16H2,1-2H3. The third-order valence-electron chi connectivity index (χ3n) is 4.03. The summed E-state index contributed by atoms with van der Waals surface area (Å²) in [6.45, 7) is 6.04. The second-order valence-electron chi connectivity index (χ2n) is 5.59. The monoisotopic (exact) mass is 346 g/mol. The lowest BCUT2D eigenvalue weighted by molar-refractivity contribution is 0.0519. The van der Waals surface area contributed by atoms with Gasteiger partial charge in [0.15, 0.2) is 0 Å². The molecule has 1 aliphatic rings. The SMILES string of the molecule is CC(N)C(c1cc(Br)cs1)N1CCC(C(C)O)CC1. The van der Waals surface area contributed by atoms with Gasteiger partial charge in [0, 0.05) is 20.8 Å². The molecule has 1 aromatic heterocycles. The first-order valence-corrected chi connectivity index (χ1v) is 8.58. The molecule has 2 rings (SSSR count). The van der Waals surface area contributed by atoms with Crippen LogP contribution in [0.4, 0.5) is 0 Å². The number of halogens is 1. The Balaban J connectivity index is 2.05. The lowest BCUT2D eigenvalue weighted by atomic mass is 9.90. The molecule has 1 saturated heterocycles. The highest BCUT2D eigenvalue weighted by atomic mass is 79.9. The first-order valence-electron chi connectivity index (χ1n) is 6.90. The molecular weight excluding hydrogens is 324 g/mol. The maximum Gasteiger partial charge on any atom is 0.0591 e. The van der Waals surface area contributed by atoms with Crippen LogP contribution in [0.25, 0.3) is 0 Å². The Morgan fingerprint density at radius 3 is 2.47 bits per heavy atom. The summed E-state index contributed by atoms with van der Waals surface area (Å²) in [6.07, 6.45) is 1.94. The Hall–Kier alpha value is 0.0600. The molecule has 0 saturated carbocycles. The van der Waals surface area contributed by atoms with E-state index in [1.54, 1.807) is 11.3 Å². The van der Waals surface area contributed by atoms with Gasteiger partial charge in [0.05, 0.1) is 12.1 Å². The van der Waals surface area contributed by atoms with Crippen LogP contribution >= 0.6 is 27.3 Å². The van der Waals surface area contributed by atoms with E-state index in [1.165, 1.54) is 4.88 Å². The number of aliphatic hydroxyl groups excluding tert-OH is 1. The van der Waals surface area contributed by atoms with Crippen molar-refractivity contribution in [1.29, 1.82) is 0 Å². The molecule has 3 nitrogen and oxygen atoms in total. The molecule has 3 atom stereocenters. The van der Waals surface area contributed by atoms with Crippen molar-refractivity contribution >= 4 is 27.3 Å². The molecule has 0 spiro atoms. The van der Waals surface area contributed by atoms with Crippen molar-refractivity contribution in [3.63, 3.8) is 0 Å². The van der Waals surface area contributed by atoms with Gasteiger partial charge < -0.3 is 10.8 Å². The van der Waals surface area contributed by atoms with E-state index >= 15 is 0 Å². The first-order chi connectivity index (χ1) is 8.99. The Morgan fingerprint density at radius 2 is 2.05 bits per heavy atom. The van der Waals surface area contributed by atoms with Crippen molar-refractivity contribution in [1.82, 2.24) is 4.90 Å². The van der Waals surface area contributed by atoms with Gasteiger partial charge in [-0.15, -0.1) is 11.3 Å². The van der Waals surface area contributed by atoms with E-state index in [-0.39, 0.29) is 12.1 Å². The number of nitrogens with zero attached hydrogens (tertiary/aromatic N) is 1. The first kappa shape index (κ1) is 15.4. The van der Waals surface area contributed by atoms with Crippen LogP contribution in [-0.4, -0.2) is 35.2 Å². The number of piperidine rings is 1. The summed E-state index contributed by atoms with van der Waals surface area (Å²) in [5.74, 6) is 0.444. The van der Waals surface area contributed by atoms with Crippen molar-refractivity contribution in [3.8, 4) is 0 Å². The summed E-state index contributed by atoms with van der Waals surface area (Å²) in [7, 11) is 0. The molecule has 3 unspecified atom stereocenters. The number of aliphatic hydroxyl groups is 1. The molecule has 1 aliphatic heterocycles. The molecule has 108 valence electrons. The lowest BCUT2D eigenvalue weighted by Crippen LogP contribution is -2.44. The molecule has 0 aromatic carbocycles. The minimum absolute atomic E-state index is 0.119. The molecule has 0 aliphatic carbocycles. The van der Waals surface area contributed by atoms with Gasteiger partial charge in [-0.25, -0.2) is 0 Å². The smallest absolute Gasteiger partial charge is 0.0591 e. The topological polar surface area (TPSA) is 49.5 Å². The Labute approximate surface area is 127 Å². The van der Waals surface area contributed by atoms with Crippen molar-refractivity contribution in [2.45, 2.75) is 44.9 Å². The van der Waals surface area contributed by atoms with Crippen LogP contribution in [-0.2, 0) is 0 Å². The molecule has 19 heavy (non-hydrogen) atoms. The van der Waals surface area contributed by atoms with Crippen LogP contribution in [0.15, 0.2) is 15.9 Å². The van der Waals surface area contributed by atoms with E-state index < -0.39 is 0 Å². The molecule has 1 fully saturated rings. The van der Waals surface area contributed by atoms with Gasteiger partial charge in [0.1, 0.15) is 0 Å². The summed E-state index contributed by atoms with van der Waals surface area (Å²) in [5, 5.41) is 11.8. The fourth-order valence-corrected chi connectivity index (χ4v) is 4.63. The quantitative estimate of drug-likeness (QED) is 0.880. The number of likely N-dealkylation sites (tertiary alicyclic amines) is 1. The number of rotatable bonds is 4. The van der Waals surface area contributed by atoms with Gasteiger partial charge in [-0.1, -0.05) is 0 Å². The average molecular weight is 347 g/mol. The Kier molecular flexibility index (Phi) is 5.43. The van der Waals surface area contributed by atoms with Crippen molar-refractivity contribution in [2.75, 3.05) is 13.1 Å². The molecule has 1 aromatic rings. The highest BCUT2D eigenvalue weighted by Crippen LogP contribution is 2.34. The lowest BCUT2D eigenvalue weighted by Gasteiger charge is -2.39. The number of nitrogens with two attached hydrogens (primary N) is 1. The third kappa shape index (κ3) is 3.79. The molecule has 0 amide bonds. The van der Waals surface area contributed by atoms with E-state index in [0.717, 1.165) is 30.4 Å². The van der Waals surface area contributed by atoms with Crippen LogP contribution in [0.5, 0.6) is 0 Å². The van der Waals surface area contributed by atoms with Crippen LogP contribution in [0.1, 0.15) is 37.6 Å². The van der Waals surface area contributed by atoms with Crippen LogP contribution in [0.3, 0.4) is 0 Å². The summed E-state index contributed by atoms with van der Waals surface area (Å²) in [4.78, 5) is 3.80. The maximum absolute atomic E-state index is 9.68.